The number of aliphatic carboxylic acids is 1. The van der Waals surface area contributed by atoms with Crippen molar-refractivity contribution in [1.82, 2.24) is 4.90 Å². The van der Waals surface area contributed by atoms with Crippen molar-refractivity contribution in [3.63, 3.8) is 0 Å². The summed E-state index contributed by atoms with van der Waals surface area (Å²) in [4.78, 5) is 13.1. The minimum Gasteiger partial charge on any atom is -0.481 e. The molecule has 0 aromatic heterocycles. The number of hydrogen-bond donors (Lipinski definition) is 2. The highest BCUT2D eigenvalue weighted by Crippen LogP contribution is 2.24. The second-order valence-electron chi connectivity index (χ2n) is 4.38. The van der Waals surface area contributed by atoms with Crippen LogP contribution in [0.5, 0.6) is 0 Å². The molecule has 0 spiro atoms. The number of carbonyl (C=O) groups is 1. The first-order valence-corrected chi connectivity index (χ1v) is 5.71. The summed E-state index contributed by atoms with van der Waals surface area (Å²) in [5.41, 5.74) is 0. The van der Waals surface area contributed by atoms with Crippen LogP contribution in [-0.2, 0) is 4.79 Å². The lowest BCUT2D eigenvalue weighted by atomic mass is 9.88. The Morgan fingerprint density at radius 3 is 2.80 bits per heavy atom. The van der Waals surface area contributed by atoms with Gasteiger partial charge in [0.05, 0.1) is 12.5 Å². The lowest BCUT2D eigenvalue weighted by Gasteiger charge is -2.20. The third kappa shape index (κ3) is 3.80. The molecule has 1 aliphatic heterocycles. The predicted octanol–water partition coefficient (Wildman–Crippen LogP) is 0.801. The summed E-state index contributed by atoms with van der Waals surface area (Å²) in [5, 5.41) is 17.8. The van der Waals surface area contributed by atoms with Gasteiger partial charge in [-0.2, -0.15) is 0 Å². The third-order valence-corrected chi connectivity index (χ3v) is 3.38. The summed E-state index contributed by atoms with van der Waals surface area (Å²) >= 11 is 0. The number of carboxylic acid groups (broad SMARTS) is 1. The molecule has 15 heavy (non-hydrogen) atoms. The van der Waals surface area contributed by atoms with Gasteiger partial charge in [-0.25, -0.2) is 0 Å². The summed E-state index contributed by atoms with van der Waals surface area (Å²) in [6.07, 6.45) is 2.98. The fourth-order valence-electron chi connectivity index (χ4n) is 2.25. The molecular formula is C11H21NO3. The monoisotopic (exact) mass is 215 g/mol. The van der Waals surface area contributed by atoms with Gasteiger partial charge in [0.1, 0.15) is 0 Å². The van der Waals surface area contributed by atoms with E-state index in [1.165, 1.54) is 0 Å². The molecule has 0 amide bonds. The number of hydrogen-bond acceptors (Lipinski definition) is 3. The highest BCUT2D eigenvalue weighted by Gasteiger charge is 2.25. The number of β-amino-alcohol motifs (C(OH)–C–C–N with tert-alkyl or cyclic N) is 1. The molecule has 2 N–H and O–H groups in total. The van der Waals surface area contributed by atoms with Crippen molar-refractivity contribution in [3.8, 4) is 0 Å². The Labute approximate surface area is 90.9 Å². The van der Waals surface area contributed by atoms with E-state index in [-0.39, 0.29) is 12.5 Å². The van der Waals surface area contributed by atoms with Crippen molar-refractivity contribution in [2.24, 2.45) is 11.8 Å². The molecule has 4 heteroatoms. The first kappa shape index (κ1) is 12.5. The number of carboxylic acids is 1. The van der Waals surface area contributed by atoms with Crippen LogP contribution in [0.25, 0.3) is 0 Å². The lowest BCUT2D eigenvalue weighted by molar-refractivity contribution is -0.143. The van der Waals surface area contributed by atoms with Crippen molar-refractivity contribution in [2.75, 3.05) is 26.2 Å². The molecule has 1 saturated heterocycles. The van der Waals surface area contributed by atoms with Gasteiger partial charge in [-0.05, 0) is 38.3 Å². The zero-order chi connectivity index (χ0) is 11.3. The first-order valence-electron chi connectivity index (χ1n) is 5.71. The van der Waals surface area contributed by atoms with Gasteiger partial charge in [-0.3, -0.25) is 4.79 Å². The quantitative estimate of drug-likeness (QED) is 0.728. The van der Waals surface area contributed by atoms with E-state index in [1.807, 2.05) is 0 Å². The number of aliphatic hydroxyl groups is 1. The second kappa shape index (κ2) is 6.08. The van der Waals surface area contributed by atoms with Gasteiger partial charge in [0.25, 0.3) is 0 Å². The molecule has 0 saturated carbocycles. The Hall–Kier alpha value is -0.610. The minimum atomic E-state index is -0.685. The smallest absolute Gasteiger partial charge is 0.306 e. The van der Waals surface area contributed by atoms with Gasteiger partial charge in [0.15, 0.2) is 0 Å². The SMILES string of the molecule is CC(C(=O)O)C1CCCN(CCO)CC1. The maximum Gasteiger partial charge on any atom is 0.306 e. The van der Waals surface area contributed by atoms with E-state index in [9.17, 15) is 4.79 Å². The van der Waals surface area contributed by atoms with Gasteiger partial charge >= 0.3 is 5.97 Å². The Bertz CT molecular complexity index is 208. The average Bonchev–Trinajstić information content (AvgIpc) is 2.43. The van der Waals surface area contributed by atoms with Crippen LogP contribution in [0.15, 0.2) is 0 Å². The third-order valence-electron chi connectivity index (χ3n) is 3.38. The molecule has 0 bridgehead atoms. The zero-order valence-corrected chi connectivity index (χ0v) is 9.35. The van der Waals surface area contributed by atoms with Gasteiger partial charge < -0.3 is 15.1 Å². The topological polar surface area (TPSA) is 60.8 Å². The van der Waals surface area contributed by atoms with Crippen molar-refractivity contribution >= 4 is 5.97 Å². The number of rotatable bonds is 4. The van der Waals surface area contributed by atoms with Crippen LogP contribution in [0.4, 0.5) is 0 Å². The predicted molar refractivity (Wildman–Crippen MR) is 57.7 cm³/mol. The Balaban J connectivity index is 2.41. The van der Waals surface area contributed by atoms with Crippen molar-refractivity contribution in [1.29, 1.82) is 0 Å². The number of nitrogens with zero attached hydrogens (tertiary/aromatic N) is 1. The van der Waals surface area contributed by atoms with E-state index in [2.05, 4.69) is 4.90 Å². The van der Waals surface area contributed by atoms with Crippen LogP contribution in [0.2, 0.25) is 0 Å². The van der Waals surface area contributed by atoms with Gasteiger partial charge in [-0.15, -0.1) is 0 Å². The highest BCUT2D eigenvalue weighted by atomic mass is 16.4. The molecule has 2 unspecified atom stereocenters. The fourth-order valence-corrected chi connectivity index (χ4v) is 2.25. The summed E-state index contributed by atoms with van der Waals surface area (Å²) < 4.78 is 0. The first-order chi connectivity index (χ1) is 7.15. The molecule has 1 aliphatic rings. The Morgan fingerprint density at radius 2 is 2.20 bits per heavy atom. The molecule has 0 aromatic rings. The van der Waals surface area contributed by atoms with Crippen molar-refractivity contribution in [3.05, 3.63) is 0 Å². The van der Waals surface area contributed by atoms with E-state index in [0.29, 0.717) is 12.5 Å². The van der Waals surface area contributed by atoms with Crippen molar-refractivity contribution < 1.29 is 15.0 Å². The summed E-state index contributed by atoms with van der Waals surface area (Å²) in [6.45, 7) is 4.62. The van der Waals surface area contributed by atoms with Crippen molar-refractivity contribution in [2.45, 2.75) is 26.2 Å². The highest BCUT2D eigenvalue weighted by molar-refractivity contribution is 5.69. The second-order valence-corrected chi connectivity index (χ2v) is 4.38. The van der Waals surface area contributed by atoms with Gasteiger partial charge in [0, 0.05) is 6.54 Å². The maximum absolute atomic E-state index is 10.9. The summed E-state index contributed by atoms with van der Waals surface area (Å²) in [5.74, 6) is -0.624. The molecule has 4 nitrogen and oxygen atoms in total. The van der Waals surface area contributed by atoms with Crippen LogP contribution < -0.4 is 0 Å². The van der Waals surface area contributed by atoms with Gasteiger partial charge in [-0.1, -0.05) is 6.92 Å². The minimum absolute atomic E-state index is 0.194. The van der Waals surface area contributed by atoms with Crippen LogP contribution in [0.3, 0.4) is 0 Å². The molecule has 1 fully saturated rings. The fraction of sp³-hybridized carbons (Fsp3) is 0.909. The molecule has 0 radical (unpaired) electrons. The molecule has 88 valence electrons. The van der Waals surface area contributed by atoms with Gasteiger partial charge in [0.2, 0.25) is 0 Å². The molecule has 2 atom stereocenters. The van der Waals surface area contributed by atoms with E-state index in [1.54, 1.807) is 6.92 Å². The summed E-state index contributed by atoms with van der Waals surface area (Å²) in [6, 6.07) is 0. The Kier molecular flexibility index (Phi) is 5.05. The molecule has 0 aromatic carbocycles. The van der Waals surface area contributed by atoms with E-state index < -0.39 is 5.97 Å². The molecule has 1 heterocycles. The largest absolute Gasteiger partial charge is 0.481 e. The number of likely N-dealkylation sites (tertiary alicyclic amines) is 1. The van der Waals surface area contributed by atoms with E-state index in [0.717, 1.165) is 32.4 Å². The molecule has 1 rings (SSSR count). The summed E-state index contributed by atoms with van der Waals surface area (Å²) in [7, 11) is 0. The van der Waals surface area contributed by atoms with E-state index >= 15 is 0 Å². The molecule has 0 aliphatic carbocycles. The molecular weight excluding hydrogens is 194 g/mol. The van der Waals surface area contributed by atoms with Crippen LogP contribution in [-0.4, -0.2) is 47.3 Å². The average molecular weight is 215 g/mol. The zero-order valence-electron chi connectivity index (χ0n) is 9.35. The van der Waals surface area contributed by atoms with Crippen LogP contribution in [0, 0.1) is 11.8 Å². The maximum atomic E-state index is 10.9. The van der Waals surface area contributed by atoms with Crippen LogP contribution in [0.1, 0.15) is 26.2 Å². The van der Waals surface area contributed by atoms with E-state index in [4.69, 9.17) is 10.2 Å². The number of aliphatic hydroxyl groups excluding tert-OH is 1. The normalized spacial score (nSPS) is 25.9. The Morgan fingerprint density at radius 1 is 1.47 bits per heavy atom. The van der Waals surface area contributed by atoms with Crippen LogP contribution >= 0.6 is 0 Å². The standard InChI is InChI=1S/C11H21NO3/c1-9(11(14)15)10-3-2-5-12(6-4-10)7-8-13/h9-10,13H,2-8H2,1H3,(H,14,15). The lowest BCUT2D eigenvalue weighted by Crippen LogP contribution is -2.28.